The van der Waals surface area contributed by atoms with Crippen molar-refractivity contribution in [3.05, 3.63) is 53.6 Å². The topological polar surface area (TPSA) is 67.4 Å². The number of amides is 2. The molecule has 5 nitrogen and oxygen atoms in total. The van der Waals surface area contributed by atoms with Crippen LogP contribution in [0.2, 0.25) is 0 Å². The van der Waals surface area contributed by atoms with Gasteiger partial charge in [0.2, 0.25) is 0 Å². The number of ether oxygens (including phenoxy) is 1. The summed E-state index contributed by atoms with van der Waals surface area (Å²) in [6, 6.07) is 12.6. The minimum atomic E-state index is -0.624. The summed E-state index contributed by atoms with van der Waals surface area (Å²) in [7, 11) is 0. The van der Waals surface area contributed by atoms with Crippen molar-refractivity contribution in [1.82, 2.24) is 0 Å². The van der Waals surface area contributed by atoms with Crippen LogP contribution in [0.15, 0.2) is 42.5 Å². The zero-order valence-corrected chi connectivity index (χ0v) is 12.3. The second-order valence-corrected chi connectivity index (χ2v) is 5.25. The minimum Gasteiger partial charge on any atom is -0.478 e. The number of rotatable bonds is 2. The molecule has 0 spiro atoms. The number of nitrogens with one attached hydrogen (secondary N) is 2. The van der Waals surface area contributed by atoms with Gasteiger partial charge >= 0.3 is 0 Å². The first-order chi connectivity index (χ1) is 10.5. The van der Waals surface area contributed by atoms with E-state index in [1.807, 2.05) is 31.2 Å². The van der Waals surface area contributed by atoms with E-state index in [2.05, 4.69) is 10.6 Å². The lowest BCUT2D eigenvalue weighted by Crippen LogP contribution is -2.35. The molecule has 0 aromatic heterocycles. The molecule has 2 amide bonds. The molecular weight excluding hydrogens is 280 g/mol. The molecule has 5 heteroatoms. The Morgan fingerprint density at radius 3 is 2.64 bits per heavy atom. The van der Waals surface area contributed by atoms with E-state index in [-0.39, 0.29) is 11.8 Å². The Hall–Kier alpha value is -2.82. The monoisotopic (exact) mass is 296 g/mol. The van der Waals surface area contributed by atoms with E-state index in [0.717, 1.165) is 5.56 Å². The summed E-state index contributed by atoms with van der Waals surface area (Å²) in [5.74, 6) is -0.0909. The summed E-state index contributed by atoms with van der Waals surface area (Å²) >= 11 is 0. The number of hydrogen-bond donors (Lipinski definition) is 2. The van der Waals surface area contributed by atoms with Crippen molar-refractivity contribution in [3.63, 3.8) is 0 Å². The maximum Gasteiger partial charge on any atom is 0.265 e. The number of hydrogen-bond acceptors (Lipinski definition) is 3. The van der Waals surface area contributed by atoms with Gasteiger partial charge in [0, 0.05) is 5.69 Å². The van der Waals surface area contributed by atoms with E-state index in [1.165, 1.54) is 0 Å². The summed E-state index contributed by atoms with van der Waals surface area (Å²) < 4.78 is 5.58. The number of fused-ring (bicyclic) bond motifs is 1. The van der Waals surface area contributed by atoms with Gasteiger partial charge in [-0.1, -0.05) is 23.8 Å². The number of anilines is 2. The average molecular weight is 296 g/mol. The van der Waals surface area contributed by atoms with E-state index in [1.54, 1.807) is 25.1 Å². The number of carbonyl (C=O) groups excluding carboxylic acids is 2. The zero-order chi connectivity index (χ0) is 15.7. The molecule has 22 heavy (non-hydrogen) atoms. The Morgan fingerprint density at radius 2 is 1.91 bits per heavy atom. The van der Waals surface area contributed by atoms with Gasteiger partial charge in [-0.3, -0.25) is 9.59 Å². The van der Waals surface area contributed by atoms with Gasteiger partial charge in [-0.15, -0.1) is 0 Å². The van der Waals surface area contributed by atoms with Crippen LogP contribution in [-0.4, -0.2) is 17.9 Å². The third kappa shape index (κ3) is 2.65. The molecule has 0 radical (unpaired) electrons. The molecule has 0 bridgehead atoms. The first-order valence-electron chi connectivity index (χ1n) is 7.03. The van der Waals surface area contributed by atoms with E-state index in [4.69, 9.17) is 4.74 Å². The van der Waals surface area contributed by atoms with Crippen molar-refractivity contribution in [2.45, 2.75) is 20.0 Å². The molecule has 0 fully saturated rings. The first-order valence-corrected chi connectivity index (χ1v) is 7.03. The van der Waals surface area contributed by atoms with Crippen LogP contribution in [0.25, 0.3) is 0 Å². The van der Waals surface area contributed by atoms with Crippen LogP contribution in [0.5, 0.6) is 5.75 Å². The van der Waals surface area contributed by atoms with E-state index in [0.29, 0.717) is 22.7 Å². The van der Waals surface area contributed by atoms with Gasteiger partial charge in [-0.2, -0.15) is 0 Å². The van der Waals surface area contributed by atoms with Crippen LogP contribution in [-0.2, 0) is 4.79 Å². The summed E-state index contributed by atoms with van der Waals surface area (Å²) in [5, 5.41) is 5.56. The van der Waals surface area contributed by atoms with Crippen molar-refractivity contribution in [3.8, 4) is 5.75 Å². The molecule has 0 saturated carbocycles. The molecule has 2 aromatic carbocycles. The Kier molecular flexibility index (Phi) is 3.55. The maximum atomic E-state index is 12.5. The van der Waals surface area contributed by atoms with E-state index >= 15 is 0 Å². The van der Waals surface area contributed by atoms with Crippen molar-refractivity contribution in [1.29, 1.82) is 0 Å². The van der Waals surface area contributed by atoms with Crippen molar-refractivity contribution < 1.29 is 14.3 Å². The van der Waals surface area contributed by atoms with Crippen molar-refractivity contribution in [2.75, 3.05) is 10.6 Å². The smallest absolute Gasteiger partial charge is 0.265 e. The van der Waals surface area contributed by atoms with Crippen molar-refractivity contribution in [2.24, 2.45) is 0 Å². The van der Waals surface area contributed by atoms with Crippen LogP contribution in [0.1, 0.15) is 22.8 Å². The molecular formula is C17H16N2O3. The van der Waals surface area contributed by atoms with Gasteiger partial charge in [-0.05, 0) is 38.1 Å². The van der Waals surface area contributed by atoms with Gasteiger partial charge < -0.3 is 15.4 Å². The third-order valence-electron chi connectivity index (χ3n) is 3.49. The van der Waals surface area contributed by atoms with Crippen LogP contribution in [0, 0.1) is 6.92 Å². The SMILES string of the molecule is Cc1ccc(NC(=O)c2cccc3c2OC(C)C(=O)N3)cc1. The number of benzene rings is 2. The highest BCUT2D eigenvalue weighted by Crippen LogP contribution is 2.33. The molecule has 1 aliphatic rings. The van der Waals surface area contributed by atoms with Crippen LogP contribution < -0.4 is 15.4 Å². The first kappa shape index (κ1) is 14.1. The fourth-order valence-electron chi connectivity index (χ4n) is 2.24. The fraction of sp³-hybridized carbons (Fsp3) is 0.176. The zero-order valence-electron chi connectivity index (χ0n) is 12.3. The van der Waals surface area contributed by atoms with Gasteiger partial charge in [0.15, 0.2) is 11.9 Å². The lowest BCUT2D eigenvalue weighted by Gasteiger charge is -2.25. The molecule has 0 aliphatic carbocycles. The summed E-state index contributed by atoms with van der Waals surface area (Å²) in [6.07, 6.45) is -0.624. The summed E-state index contributed by atoms with van der Waals surface area (Å²) in [5.41, 5.74) is 2.74. The highest BCUT2D eigenvalue weighted by atomic mass is 16.5. The summed E-state index contributed by atoms with van der Waals surface area (Å²) in [4.78, 5) is 24.1. The highest BCUT2D eigenvalue weighted by molar-refractivity contribution is 6.09. The fourth-order valence-corrected chi connectivity index (χ4v) is 2.24. The molecule has 2 N–H and O–H groups in total. The molecule has 112 valence electrons. The molecule has 2 aromatic rings. The Bertz CT molecular complexity index is 738. The Labute approximate surface area is 128 Å². The second-order valence-electron chi connectivity index (χ2n) is 5.25. The second kappa shape index (κ2) is 5.52. The van der Waals surface area contributed by atoms with Gasteiger partial charge in [0.25, 0.3) is 11.8 Å². The largest absolute Gasteiger partial charge is 0.478 e. The predicted octanol–water partition coefficient (Wildman–Crippen LogP) is 2.97. The van der Waals surface area contributed by atoms with Gasteiger partial charge in [0.1, 0.15) is 0 Å². The van der Waals surface area contributed by atoms with Crippen molar-refractivity contribution >= 4 is 23.2 Å². The number of carbonyl (C=O) groups is 2. The Morgan fingerprint density at radius 1 is 1.18 bits per heavy atom. The molecule has 1 aliphatic heterocycles. The Balaban J connectivity index is 1.89. The lowest BCUT2D eigenvalue weighted by atomic mass is 10.1. The molecule has 3 rings (SSSR count). The lowest BCUT2D eigenvalue weighted by molar-refractivity contribution is -0.122. The van der Waals surface area contributed by atoms with Crippen LogP contribution in [0.3, 0.4) is 0 Å². The van der Waals surface area contributed by atoms with Crippen LogP contribution in [0.4, 0.5) is 11.4 Å². The molecule has 1 unspecified atom stereocenters. The molecule has 0 saturated heterocycles. The quantitative estimate of drug-likeness (QED) is 0.895. The standard InChI is InChI=1S/C17H16N2O3/c1-10-6-8-12(9-7-10)18-17(21)13-4-3-5-14-15(13)22-11(2)16(20)19-14/h3-9,11H,1-2H3,(H,18,21)(H,19,20). The van der Waals surface area contributed by atoms with Gasteiger partial charge in [0.05, 0.1) is 11.3 Å². The normalized spacial score (nSPS) is 16.3. The van der Waals surface area contributed by atoms with Gasteiger partial charge in [-0.25, -0.2) is 0 Å². The number of para-hydroxylation sites is 1. The minimum absolute atomic E-state index is 0.219. The summed E-state index contributed by atoms with van der Waals surface area (Å²) in [6.45, 7) is 3.63. The third-order valence-corrected chi connectivity index (χ3v) is 3.49. The number of aryl methyl sites for hydroxylation is 1. The van der Waals surface area contributed by atoms with Crippen LogP contribution >= 0.6 is 0 Å². The highest BCUT2D eigenvalue weighted by Gasteiger charge is 2.27. The average Bonchev–Trinajstić information content (AvgIpc) is 2.50. The van der Waals surface area contributed by atoms with E-state index in [9.17, 15) is 9.59 Å². The van der Waals surface area contributed by atoms with E-state index < -0.39 is 6.10 Å². The molecule has 1 heterocycles. The predicted molar refractivity (Wildman–Crippen MR) is 84.3 cm³/mol. The maximum absolute atomic E-state index is 12.5. The molecule has 1 atom stereocenters.